The van der Waals surface area contributed by atoms with Crippen LogP contribution < -0.4 is 10.1 Å². The maximum atomic E-state index is 6.06. The number of anilines is 1. The molecule has 0 saturated heterocycles. The second kappa shape index (κ2) is 8.02. The summed E-state index contributed by atoms with van der Waals surface area (Å²) in [5.74, 6) is 0.608. The SMILES string of the molecule is C/C=C\COc1cc(NC(=S)OC(C)C)ccc1Cl. The number of rotatable bonds is 5. The summed E-state index contributed by atoms with van der Waals surface area (Å²) in [7, 11) is 0. The first kappa shape index (κ1) is 15.8. The highest BCUT2D eigenvalue weighted by atomic mass is 35.5. The van der Waals surface area contributed by atoms with Gasteiger partial charge < -0.3 is 14.8 Å². The molecule has 0 radical (unpaired) electrons. The Labute approximate surface area is 124 Å². The number of nitrogens with one attached hydrogen (secondary N) is 1. The monoisotopic (exact) mass is 299 g/mol. The van der Waals surface area contributed by atoms with Gasteiger partial charge in [-0.05, 0) is 45.1 Å². The van der Waals surface area contributed by atoms with E-state index in [4.69, 9.17) is 33.3 Å². The summed E-state index contributed by atoms with van der Waals surface area (Å²) >= 11 is 11.1. The number of hydrogen-bond acceptors (Lipinski definition) is 3. The molecular formula is C14H18ClNO2S. The number of halogens is 1. The summed E-state index contributed by atoms with van der Waals surface area (Å²) in [4.78, 5) is 0. The lowest BCUT2D eigenvalue weighted by Crippen LogP contribution is -2.17. The average Bonchev–Trinajstić information content (AvgIpc) is 2.32. The Morgan fingerprint density at radius 2 is 2.21 bits per heavy atom. The van der Waals surface area contributed by atoms with Crippen LogP contribution in [0.2, 0.25) is 5.02 Å². The van der Waals surface area contributed by atoms with Crippen molar-refractivity contribution in [2.75, 3.05) is 11.9 Å². The number of allylic oxidation sites excluding steroid dienone is 1. The Kier molecular flexibility index (Phi) is 6.67. The van der Waals surface area contributed by atoms with Crippen LogP contribution in [0.5, 0.6) is 5.75 Å². The molecule has 1 rings (SSSR count). The molecule has 19 heavy (non-hydrogen) atoms. The molecule has 1 aromatic rings. The lowest BCUT2D eigenvalue weighted by Gasteiger charge is -2.13. The van der Waals surface area contributed by atoms with Crippen molar-refractivity contribution in [3.63, 3.8) is 0 Å². The van der Waals surface area contributed by atoms with Crippen LogP contribution in [0.1, 0.15) is 20.8 Å². The predicted octanol–water partition coefficient (Wildman–Crippen LogP) is 4.42. The zero-order valence-electron chi connectivity index (χ0n) is 11.3. The van der Waals surface area contributed by atoms with Crippen molar-refractivity contribution in [2.45, 2.75) is 26.9 Å². The fourth-order valence-corrected chi connectivity index (χ4v) is 1.77. The Balaban J connectivity index is 2.69. The van der Waals surface area contributed by atoms with Crippen molar-refractivity contribution in [1.82, 2.24) is 0 Å². The van der Waals surface area contributed by atoms with Gasteiger partial charge in [-0.1, -0.05) is 23.8 Å². The van der Waals surface area contributed by atoms with E-state index < -0.39 is 0 Å². The highest BCUT2D eigenvalue weighted by Crippen LogP contribution is 2.28. The molecule has 0 aliphatic rings. The van der Waals surface area contributed by atoms with Gasteiger partial charge in [-0.25, -0.2) is 0 Å². The first-order chi connectivity index (χ1) is 9.02. The summed E-state index contributed by atoms with van der Waals surface area (Å²) in [6.07, 6.45) is 3.86. The van der Waals surface area contributed by atoms with Gasteiger partial charge in [0.05, 0.1) is 11.1 Å². The zero-order valence-corrected chi connectivity index (χ0v) is 12.8. The van der Waals surface area contributed by atoms with E-state index >= 15 is 0 Å². The van der Waals surface area contributed by atoms with Crippen molar-refractivity contribution in [3.8, 4) is 5.75 Å². The molecule has 0 aliphatic carbocycles. The van der Waals surface area contributed by atoms with Gasteiger partial charge in [-0.3, -0.25) is 0 Å². The third kappa shape index (κ3) is 5.94. The van der Waals surface area contributed by atoms with Crippen molar-refractivity contribution >= 4 is 34.7 Å². The van der Waals surface area contributed by atoms with Crippen molar-refractivity contribution in [1.29, 1.82) is 0 Å². The van der Waals surface area contributed by atoms with Crippen LogP contribution in [-0.2, 0) is 4.74 Å². The Bertz CT molecular complexity index is 461. The van der Waals surface area contributed by atoms with Crippen LogP contribution in [0.4, 0.5) is 5.69 Å². The molecule has 1 N–H and O–H groups in total. The van der Waals surface area contributed by atoms with Gasteiger partial charge >= 0.3 is 0 Å². The first-order valence-electron chi connectivity index (χ1n) is 6.04. The number of hydrogen-bond donors (Lipinski definition) is 1. The van der Waals surface area contributed by atoms with Crippen molar-refractivity contribution in [2.24, 2.45) is 0 Å². The molecule has 0 aromatic heterocycles. The number of benzene rings is 1. The lowest BCUT2D eigenvalue weighted by molar-refractivity contribution is 0.235. The summed E-state index contributed by atoms with van der Waals surface area (Å²) in [5, 5.41) is 3.88. The number of ether oxygens (including phenoxy) is 2. The van der Waals surface area contributed by atoms with Crippen LogP contribution in [0, 0.1) is 0 Å². The second-order valence-corrected chi connectivity index (χ2v) is 4.88. The molecule has 3 nitrogen and oxygen atoms in total. The van der Waals surface area contributed by atoms with Crippen LogP contribution in [0.25, 0.3) is 0 Å². The van der Waals surface area contributed by atoms with Gasteiger partial charge in [0, 0.05) is 11.8 Å². The van der Waals surface area contributed by atoms with Crippen molar-refractivity contribution < 1.29 is 9.47 Å². The average molecular weight is 300 g/mol. The molecule has 0 aliphatic heterocycles. The van der Waals surface area contributed by atoms with Crippen LogP contribution in [0.15, 0.2) is 30.4 Å². The highest BCUT2D eigenvalue weighted by Gasteiger charge is 2.06. The van der Waals surface area contributed by atoms with E-state index in [0.29, 0.717) is 22.6 Å². The van der Waals surface area contributed by atoms with Gasteiger partial charge in [0.1, 0.15) is 12.4 Å². The molecule has 5 heteroatoms. The van der Waals surface area contributed by atoms with Gasteiger partial charge in [0.15, 0.2) is 0 Å². The van der Waals surface area contributed by atoms with Gasteiger partial charge in [-0.2, -0.15) is 0 Å². The van der Waals surface area contributed by atoms with E-state index in [9.17, 15) is 0 Å². The summed E-state index contributed by atoms with van der Waals surface area (Å²) < 4.78 is 10.9. The molecule has 0 fully saturated rings. The molecule has 1 aromatic carbocycles. The largest absolute Gasteiger partial charge is 0.488 e. The predicted molar refractivity (Wildman–Crippen MR) is 84.2 cm³/mol. The van der Waals surface area contributed by atoms with E-state index in [0.717, 1.165) is 5.69 Å². The van der Waals surface area contributed by atoms with Gasteiger partial charge in [0.2, 0.25) is 0 Å². The molecule has 0 heterocycles. The maximum absolute atomic E-state index is 6.06. The van der Waals surface area contributed by atoms with Crippen LogP contribution in [0.3, 0.4) is 0 Å². The van der Waals surface area contributed by atoms with E-state index in [2.05, 4.69) is 5.32 Å². The first-order valence-corrected chi connectivity index (χ1v) is 6.82. The van der Waals surface area contributed by atoms with Crippen LogP contribution >= 0.6 is 23.8 Å². The molecular weight excluding hydrogens is 282 g/mol. The molecule has 104 valence electrons. The molecule has 0 spiro atoms. The molecule has 0 saturated carbocycles. The second-order valence-electron chi connectivity index (χ2n) is 4.10. The van der Waals surface area contributed by atoms with Gasteiger partial charge in [-0.15, -0.1) is 0 Å². The van der Waals surface area contributed by atoms with E-state index in [1.54, 1.807) is 12.1 Å². The van der Waals surface area contributed by atoms with E-state index in [-0.39, 0.29) is 6.10 Å². The molecule has 0 bridgehead atoms. The summed E-state index contributed by atoms with van der Waals surface area (Å²) in [6, 6.07) is 5.37. The number of thiocarbonyl (C=S) groups is 1. The van der Waals surface area contributed by atoms with Gasteiger partial charge in [0.25, 0.3) is 5.17 Å². The quantitative estimate of drug-likeness (QED) is 0.644. The minimum Gasteiger partial charge on any atom is -0.488 e. The fourth-order valence-electron chi connectivity index (χ4n) is 1.29. The standard InChI is InChI=1S/C14H18ClNO2S/c1-4-5-8-17-13-9-11(6-7-12(13)15)16-14(19)18-10(2)3/h4-7,9-10H,8H2,1-3H3,(H,16,19)/b5-4-. The minimum absolute atomic E-state index is 0.0395. The van der Waals surface area contributed by atoms with Crippen LogP contribution in [-0.4, -0.2) is 17.9 Å². The fraction of sp³-hybridized carbons (Fsp3) is 0.357. The highest BCUT2D eigenvalue weighted by molar-refractivity contribution is 7.80. The van der Waals surface area contributed by atoms with E-state index in [1.807, 2.05) is 39.0 Å². The normalized spacial score (nSPS) is 10.8. The Morgan fingerprint density at radius 3 is 2.84 bits per heavy atom. The third-order valence-electron chi connectivity index (χ3n) is 2.09. The zero-order chi connectivity index (χ0) is 14.3. The Hall–Kier alpha value is -1.26. The van der Waals surface area contributed by atoms with E-state index in [1.165, 1.54) is 0 Å². The smallest absolute Gasteiger partial charge is 0.261 e. The molecule has 0 amide bonds. The topological polar surface area (TPSA) is 30.5 Å². The maximum Gasteiger partial charge on any atom is 0.261 e. The summed E-state index contributed by atoms with van der Waals surface area (Å²) in [6.45, 7) is 6.25. The van der Waals surface area contributed by atoms with Crippen molar-refractivity contribution in [3.05, 3.63) is 35.4 Å². The third-order valence-corrected chi connectivity index (χ3v) is 2.60. The summed E-state index contributed by atoms with van der Waals surface area (Å²) in [5.41, 5.74) is 0.783. The lowest BCUT2D eigenvalue weighted by atomic mass is 10.3. The molecule has 0 unspecified atom stereocenters. The Morgan fingerprint density at radius 1 is 1.47 bits per heavy atom. The minimum atomic E-state index is 0.0395. The molecule has 0 atom stereocenters.